The summed E-state index contributed by atoms with van der Waals surface area (Å²) in [6.07, 6.45) is 0.574. The first kappa shape index (κ1) is 21.7. The maximum Gasteiger partial charge on any atom is 0.251 e. The molecule has 2 rings (SSSR count). The molecule has 0 saturated heterocycles. The molecule has 0 atom stereocenters. The van der Waals surface area contributed by atoms with E-state index < -0.39 is 10.0 Å². The first-order chi connectivity index (χ1) is 13.2. The molecule has 0 radical (unpaired) electrons. The molecule has 0 aliphatic rings. The van der Waals surface area contributed by atoms with Crippen molar-refractivity contribution in [3.8, 4) is 11.5 Å². The van der Waals surface area contributed by atoms with Gasteiger partial charge in [0.05, 0.1) is 19.1 Å². The van der Waals surface area contributed by atoms with Gasteiger partial charge < -0.3 is 14.8 Å². The van der Waals surface area contributed by atoms with Crippen molar-refractivity contribution in [2.75, 3.05) is 20.8 Å². The third-order valence-corrected chi connectivity index (χ3v) is 5.61. The summed E-state index contributed by atoms with van der Waals surface area (Å²) >= 11 is 0. The smallest absolute Gasteiger partial charge is 0.251 e. The summed E-state index contributed by atoms with van der Waals surface area (Å²) < 4.78 is 37.1. The van der Waals surface area contributed by atoms with Crippen LogP contribution in [0.3, 0.4) is 0 Å². The highest BCUT2D eigenvalue weighted by atomic mass is 32.2. The molecule has 0 fully saturated rings. The van der Waals surface area contributed by atoms with Crippen LogP contribution in [0, 0.1) is 0 Å². The molecule has 152 valence electrons. The lowest BCUT2D eigenvalue weighted by Crippen LogP contribution is -2.30. The number of ether oxygens (including phenoxy) is 2. The minimum Gasteiger partial charge on any atom is -0.497 e. The van der Waals surface area contributed by atoms with Crippen LogP contribution in [0.4, 0.5) is 0 Å². The zero-order valence-corrected chi connectivity index (χ0v) is 17.3. The van der Waals surface area contributed by atoms with Crippen LogP contribution in [-0.2, 0) is 16.4 Å². The highest BCUT2D eigenvalue weighted by Crippen LogP contribution is 2.22. The number of benzene rings is 2. The fourth-order valence-electron chi connectivity index (χ4n) is 2.57. The van der Waals surface area contributed by atoms with E-state index in [2.05, 4.69) is 10.0 Å². The van der Waals surface area contributed by atoms with Gasteiger partial charge in [0.15, 0.2) is 0 Å². The Bertz CT molecular complexity index is 886. The van der Waals surface area contributed by atoms with E-state index >= 15 is 0 Å². The Hall–Kier alpha value is -2.58. The largest absolute Gasteiger partial charge is 0.497 e. The van der Waals surface area contributed by atoms with Crippen LogP contribution >= 0.6 is 0 Å². The average molecular weight is 407 g/mol. The molecule has 0 bridgehead atoms. The van der Waals surface area contributed by atoms with Crippen molar-refractivity contribution in [2.24, 2.45) is 0 Å². The van der Waals surface area contributed by atoms with Crippen molar-refractivity contribution in [2.45, 2.75) is 31.2 Å². The van der Waals surface area contributed by atoms with Gasteiger partial charge in [-0.15, -0.1) is 0 Å². The predicted octanol–water partition coefficient (Wildman–Crippen LogP) is 2.36. The zero-order valence-electron chi connectivity index (χ0n) is 16.5. The maximum absolute atomic E-state index is 12.3. The Morgan fingerprint density at radius 2 is 1.57 bits per heavy atom. The van der Waals surface area contributed by atoms with Gasteiger partial charge >= 0.3 is 0 Å². The molecule has 0 unspecified atom stereocenters. The van der Waals surface area contributed by atoms with Gasteiger partial charge in [-0.05, 0) is 50.1 Å². The van der Waals surface area contributed by atoms with Gasteiger partial charge in [-0.2, -0.15) is 0 Å². The molecular weight excluding hydrogens is 380 g/mol. The van der Waals surface area contributed by atoms with Gasteiger partial charge in [0.25, 0.3) is 5.91 Å². The number of methoxy groups -OCH3 is 2. The molecule has 0 saturated carbocycles. The van der Waals surface area contributed by atoms with Crippen molar-refractivity contribution >= 4 is 15.9 Å². The lowest BCUT2D eigenvalue weighted by Gasteiger charge is -2.11. The molecule has 0 spiro atoms. The van der Waals surface area contributed by atoms with E-state index in [1.54, 1.807) is 56.3 Å². The van der Waals surface area contributed by atoms with Crippen LogP contribution < -0.4 is 19.5 Å². The van der Waals surface area contributed by atoms with Gasteiger partial charge in [-0.1, -0.05) is 12.1 Å². The average Bonchev–Trinajstić information content (AvgIpc) is 2.66. The van der Waals surface area contributed by atoms with Crippen molar-refractivity contribution in [1.82, 2.24) is 10.0 Å². The molecule has 2 N–H and O–H groups in total. The van der Waals surface area contributed by atoms with E-state index in [4.69, 9.17) is 9.47 Å². The second kappa shape index (κ2) is 9.57. The first-order valence-electron chi connectivity index (χ1n) is 8.87. The minimum atomic E-state index is -3.50. The minimum absolute atomic E-state index is 0.171. The van der Waals surface area contributed by atoms with E-state index in [-0.39, 0.29) is 16.8 Å². The van der Waals surface area contributed by atoms with Crippen molar-refractivity contribution < 1.29 is 22.7 Å². The highest BCUT2D eigenvalue weighted by Gasteiger charge is 2.15. The molecule has 2 aromatic rings. The summed E-state index contributed by atoms with van der Waals surface area (Å²) in [5.74, 6) is 0.838. The Balaban J connectivity index is 1.95. The van der Waals surface area contributed by atoms with E-state index in [0.717, 1.165) is 5.56 Å². The number of hydrogen-bond donors (Lipinski definition) is 2. The Morgan fingerprint density at radius 3 is 2.07 bits per heavy atom. The predicted molar refractivity (Wildman–Crippen MR) is 107 cm³/mol. The summed E-state index contributed by atoms with van der Waals surface area (Å²) in [4.78, 5) is 12.6. The quantitative estimate of drug-likeness (QED) is 0.667. The van der Waals surface area contributed by atoms with Crippen molar-refractivity contribution in [3.05, 3.63) is 53.6 Å². The normalized spacial score (nSPS) is 11.3. The molecular formula is C20H26N2O5S. The lowest BCUT2D eigenvalue weighted by molar-refractivity contribution is 0.0953. The Morgan fingerprint density at radius 1 is 1.00 bits per heavy atom. The summed E-state index contributed by atoms with van der Waals surface area (Å²) in [6, 6.07) is 11.4. The maximum atomic E-state index is 12.3. The van der Waals surface area contributed by atoms with Crippen molar-refractivity contribution in [1.29, 1.82) is 0 Å². The monoisotopic (exact) mass is 406 g/mol. The van der Waals surface area contributed by atoms with Crippen molar-refractivity contribution in [3.63, 3.8) is 0 Å². The number of carbonyl (C=O) groups is 1. The zero-order chi connectivity index (χ0) is 20.7. The number of rotatable bonds is 9. The summed E-state index contributed by atoms with van der Waals surface area (Å²) in [7, 11) is -0.453. The SMILES string of the molecule is COc1cc(OC)cc(C(=O)NCCc2ccc(S(=O)(=O)NC(C)C)cc2)c1. The molecule has 0 aliphatic carbocycles. The van der Waals surface area contributed by atoms with E-state index in [0.29, 0.717) is 30.0 Å². The number of sulfonamides is 1. The first-order valence-corrected chi connectivity index (χ1v) is 10.4. The topological polar surface area (TPSA) is 93.7 Å². The second-order valence-corrected chi connectivity index (χ2v) is 8.24. The standard InChI is InChI=1S/C20H26N2O5S/c1-14(2)22-28(24,25)19-7-5-15(6-8-19)9-10-21-20(23)16-11-17(26-3)13-18(12-16)27-4/h5-8,11-14,22H,9-10H2,1-4H3,(H,21,23). The van der Waals surface area contributed by atoms with Gasteiger partial charge in [0, 0.05) is 24.2 Å². The second-order valence-electron chi connectivity index (χ2n) is 6.53. The molecule has 0 aliphatic heterocycles. The third-order valence-electron chi connectivity index (χ3n) is 3.94. The molecule has 7 nitrogen and oxygen atoms in total. The fraction of sp³-hybridized carbons (Fsp3) is 0.350. The van der Waals surface area contributed by atoms with Gasteiger partial charge in [-0.3, -0.25) is 4.79 Å². The third kappa shape index (κ3) is 5.97. The molecule has 0 aromatic heterocycles. The number of amides is 1. The van der Waals surface area contributed by atoms with Crippen LogP contribution in [0.5, 0.6) is 11.5 Å². The van der Waals surface area contributed by atoms with Gasteiger partial charge in [-0.25, -0.2) is 13.1 Å². The van der Waals surface area contributed by atoms with Crippen LogP contribution in [0.15, 0.2) is 47.4 Å². The molecule has 0 heterocycles. The summed E-state index contributed by atoms with van der Waals surface area (Å²) in [5.41, 5.74) is 1.37. The number of nitrogens with one attached hydrogen (secondary N) is 2. The number of hydrogen-bond acceptors (Lipinski definition) is 5. The molecule has 1 amide bonds. The van der Waals surface area contributed by atoms with Crippen LogP contribution in [0.1, 0.15) is 29.8 Å². The lowest BCUT2D eigenvalue weighted by atomic mass is 10.1. The number of carbonyl (C=O) groups excluding carboxylic acids is 1. The van der Waals surface area contributed by atoms with Gasteiger partial charge in [0.2, 0.25) is 10.0 Å². The fourth-order valence-corrected chi connectivity index (χ4v) is 3.83. The van der Waals surface area contributed by atoms with E-state index in [9.17, 15) is 13.2 Å². The van der Waals surface area contributed by atoms with Crippen LogP contribution in [0.2, 0.25) is 0 Å². The summed E-state index contributed by atoms with van der Waals surface area (Å²) in [5, 5.41) is 2.84. The Kier molecular flexibility index (Phi) is 7.42. The highest BCUT2D eigenvalue weighted by molar-refractivity contribution is 7.89. The molecule has 28 heavy (non-hydrogen) atoms. The van der Waals surface area contributed by atoms with Gasteiger partial charge in [0.1, 0.15) is 11.5 Å². The Labute approximate surface area is 166 Å². The van der Waals surface area contributed by atoms with E-state index in [1.165, 1.54) is 14.2 Å². The van der Waals surface area contributed by atoms with E-state index in [1.807, 2.05) is 0 Å². The molecule has 8 heteroatoms. The molecule has 2 aromatic carbocycles. The van der Waals surface area contributed by atoms with Crippen LogP contribution in [0.25, 0.3) is 0 Å². The summed E-state index contributed by atoms with van der Waals surface area (Å²) in [6.45, 7) is 3.95. The van der Waals surface area contributed by atoms with Crippen LogP contribution in [-0.4, -0.2) is 41.1 Å².